The normalized spacial score (nSPS) is 10.6. The van der Waals surface area contributed by atoms with E-state index in [-0.39, 0.29) is 28.3 Å². The van der Waals surface area contributed by atoms with Gasteiger partial charge >= 0.3 is 5.97 Å². The molecule has 0 fully saturated rings. The van der Waals surface area contributed by atoms with E-state index in [0.29, 0.717) is 22.8 Å². The molecule has 11 heteroatoms. The fourth-order valence-corrected chi connectivity index (χ4v) is 3.64. The van der Waals surface area contributed by atoms with E-state index in [2.05, 4.69) is 15.8 Å². The molecule has 0 aliphatic rings. The van der Waals surface area contributed by atoms with Gasteiger partial charge in [0.05, 0.1) is 50.6 Å². The molecule has 0 radical (unpaired) electrons. The van der Waals surface area contributed by atoms with Crippen LogP contribution >= 0.6 is 0 Å². The summed E-state index contributed by atoms with van der Waals surface area (Å²) in [6.45, 7) is 0. The number of methoxy groups -OCH3 is 3. The first-order valence-corrected chi connectivity index (χ1v) is 11.8. The van der Waals surface area contributed by atoms with E-state index in [0.717, 1.165) is 0 Å². The molecule has 40 heavy (non-hydrogen) atoms. The number of esters is 1. The van der Waals surface area contributed by atoms with Gasteiger partial charge in [0.2, 0.25) is 5.75 Å². The number of nitrogens with one attached hydrogen (secondary N) is 2. The van der Waals surface area contributed by atoms with Gasteiger partial charge in [-0.1, -0.05) is 24.3 Å². The van der Waals surface area contributed by atoms with E-state index < -0.39 is 17.8 Å². The molecule has 4 rings (SSSR count). The van der Waals surface area contributed by atoms with E-state index in [1.54, 1.807) is 48.5 Å². The van der Waals surface area contributed by atoms with Crippen molar-refractivity contribution in [2.45, 2.75) is 0 Å². The van der Waals surface area contributed by atoms with Gasteiger partial charge in [-0.25, -0.2) is 10.2 Å². The van der Waals surface area contributed by atoms with Crippen LogP contribution in [-0.2, 0) is 0 Å². The fraction of sp³-hybridized carbons (Fsp3) is 0.103. The number of carbonyl (C=O) groups is 3. The van der Waals surface area contributed by atoms with E-state index in [9.17, 15) is 14.4 Å². The number of amides is 2. The quantitative estimate of drug-likeness (QED) is 0.129. The van der Waals surface area contributed by atoms with Crippen LogP contribution in [0.15, 0.2) is 88.6 Å². The molecular formula is C29H25N3O8. The van der Waals surface area contributed by atoms with Gasteiger partial charge in [0.15, 0.2) is 17.3 Å². The molecule has 0 saturated heterocycles. The molecule has 0 atom stereocenters. The molecule has 1 heterocycles. The third-order valence-corrected chi connectivity index (χ3v) is 5.56. The number of hydrogen-bond acceptors (Lipinski definition) is 9. The highest BCUT2D eigenvalue weighted by Gasteiger charge is 2.19. The van der Waals surface area contributed by atoms with Crippen LogP contribution in [0.4, 0.5) is 5.69 Å². The average Bonchev–Trinajstić information content (AvgIpc) is 3.53. The lowest BCUT2D eigenvalue weighted by atomic mass is 10.1. The second kappa shape index (κ2) is 12.8. The number of carbonyl (C=O) groups excluding carboxylic acids is 3. The Labute approximate surface area is 229 Å². The largest absolute Gasteiger partial charge is 0.493 e. The Morgan fingerprint density at radius 2 is 1.50 bits per heavy atom. The zero-order chi connectivity index (χ0) is 28.5. The molecule has 204 valence electrons. The average molecular weight is 544 g/mol. The lowest BCUT2D eigenvalue weighted by Crippen LogP contribution is -2.21. The molecule has 1 aromatic heterocycles. The number of rotatable bonds is 10. The molecule has 4 aromatic rings. The van der Waals surface area contributed by atoms with Crippen LogP contribution in [0.2, 0.25) is 0 Å². The standard InChI is InChI=1S/C29H25N3O8/c1-36-24-15-19(16-25(37-2)26(24)38-3)29(35)40-22-12-7-4-9-18(22)17-30-32-27(33)20-10-5-6-11-21(20)31-28(34)23-13-8-14-39-23/h4-17H,1-3H3,(H,31,34)(H,32,33)/b30-17-. The van der Waals surface area contributed by atoms with Crippen LogP contribution in [-0.4, -0.2) is 45.3 Å². The molecule has 0 saturated carbocycles. The van der Waals surface area contributed by atoms with Crippen LogP contribution in [0.1, 0.15) is 36.8 Å². The SMILES string of the molecule is COc1cc(C(=O)Oc2ccccc2/C=N\NC(=O)c2ccccc2NC(=O)c2ccco2)cc(OC)c1OC. The van der Waals surface area contributed by atoms with Crippen molar-refractivity contribution >= 4 is 29.7 Å². The summed E-state index contributed by atoms with van der Waals surface area (Å²) in [5, 5.41) is 6.65. The highest BCUT2D eigenvalue weighted by atomic mass is 16.5. The van der Waals surface area contributed by atoms with Crippen LogP contribution in [0.5, 0.6) is 23.0 Å². The van der Waals surface area contributed by atoms with Gasteiger partial charge in [-0.2, -0.15) is 5.10 Å². The van der Waals surface area contributed by atoms with Gasteiger partial charge in [0.1, 0.15) is 5.75 Å². The van der Waals surface area contributed by atoms with Crippen molar-refractivity contribution in [3.05, 3.63) is 102 Å². The minimum Gasteiger partial charge on any atom is -0.493 e. The molecule has 2 N–H and O–H groups in total. The summed E-state index contributed by atoms with van der Waals surface area (Å²) in [6, 6.07) is 19.1. The van der Waals surface area contributed by atoms with Gasteiger partial charge in [0, 0.05) is 5.56 Å². The monoisotopic (exact) mass is 543 g/mol. The van der Waals surface area contributed by atoms with E-state index >= 15 is 0 Å². The summed E-state index contributed by atoms with van der Waals surface area (Å²) in [7, 11) is 4.35. The van der Waals surface area contributed by atoms with Crippen molar-refractivity contribution in [2.24, 2.45) is 5.10 Å². The highest BCUT2D eigenvalue weighted by molar-refractivity contribution is 6.08. The number of para-hydroxylation sites is 2. The fourth-order valence-electron chi connectivity index (χ4n) is 3.64. The molecule has 0 aliphatic heterocycles. The molecule has 0 unspecified atom stereocenters. The Bertz CT molecular complexity index is 1520. The topological polar surface area (TPSA) is 138 Å². The molecule has 3 aromatic carbocycles. The second-order valence-electron chi connectivity index (χ2n) is 8.02. The molecule has 0 spiro atoms. The smallest absolute Gasteiger partial charge is 0.343 e. The molecule has 2 amide bonds. The highest BCUT2D eigenvalue weighted by Crippen LogP contribution is 2.38. The third-order valence-electron chi connectivity index (χ3n) is 5.56. The maximum absolute atomic E-state index is 13.0. The minimum atomic E-state index is -0.676. The number of hydrogen-bond donors (Lipinski definition) is 2. The second-order valence-corrected chi connectivity index (χ2v) is 8.02. The van der Waals surface area contributed by atoms with Crippen molar-refractivity contribution in [1.82, 2.24) is 5.43 Å². The number of anilines is 1. The van der Waals surface area contributed by atoms with Crippen molar-refractivity contribution in [2.75, 3.05) is 26.6 Å². The first-order chi connectivity index (χ1) is 19.4. The molecule has 0 bridgehead atoms. The Morgan fingerprint density at radius 1 is 0.800 bits per heavy atom. The first-order valence-electron chi connectivity index (χ1n) is 11.8. The van der Waals surface area contributed by atoms with E-state index in [4.69, 9.17) is 23.4 Å². The van der Waals surface area contributed by atoms with Gasteiger partial charge in [-0.3, -0.25) is 9.59 Å². The summed E-state index contributed by atoms with van der Waals surface area (Å²) in [5.41, 5.74) is 3.46. The summed E-state index contributed by atoms with van der Waals surface area (Å²) in [5.74, 6) is -0.511. The van der Waals surface area contributed by atoms with Crippen LogP contribution in [0, 0.1) is 0 Å². The van der Waals surface area contributed by atoms with Gasteiger partial charge < -0.3 is 28.7 Å². The third kappa shape index (κ3) is 6.27. The van der Waals surface area contributed by atoms with E-state index in [1.165, 1.54) is 58.1 Å². The number of benzene rings is 3. The van der Waals surface area contributed by atoms with Crippen LogP contribution in [0.25, 0.3) is 0 Å². The number of nitrogens with zero attached hydrogens (tertiary/aromatic N) is 1. The summed E-state index contributed by atoms with van der Waals surface area (Å²) >= 11 is 0. The van der Waals surface area contributed by atoms with Crippen molar-refractivity contribution < 1.29 is 37.7 Å². The van der Waals surface area contributed by atoms with Gasteiger partial charge in [0.25, 0.3) is 11.8 Å². The summed E-state index contributed by atoms with van der Waals surface area (Å²) in [4.78, 5) is 38.1. The van der Waals surface area contributed by atoms with Crippen molar-refractivity contribution in [3.8, 4) is 23.0 Å². The number of hydrazone groups is 1. The maximum Gasteiger partial charge on any atom is 0.343 e. The lowest BCUT2D eigenvalue weighted by Gasteiger charge is -2.14. The predicted molar refractivity (Wildman–Crippen MR) is 146 cm³/mol. The van der Waals surface area contributed by atoms with Gasteiger partial charge in [-0.15, -0.1) is 0 Å². The Kier molecular flexibility index (Phi) is 8.77. The van der Waals surface area contributed by atoms with Crippen molar-refractivity contribution in [3.63, 3.8) is 0 Å². The summed E-state index contributed by atoms with van der Waals surface area (Å²) in [6.07, 6.45) is 2.71. The predicted octanol–water partition coefficient (Wildman–Crippen LogP) is 4.54. The minimum absolute atomic E-state index is 0.103. The zero-order valence-electron chi connectivity index (χ0n) is 21.8. The van der Waals surface area contributed by atoms with Crippen molar-refractivity contribution in [1.29, 1.82) is 0 Å². The lowest BCUT2D eigenvalue weighted by molar-refractivity contribution is 0.0733. The Hall–Kier alpha value is -5.58. The number of ether oxygens (including phenoxy) is 4. The number of furan rings is 1. The zero-order valence-corrected chi connectivity index (χ0v) is 21.8. The molecule has 11 nitrogen and oxygen atoms in total. The van der Waals surface area contributed by atoms with Crippen LogP contribution in [0.3, 0.4) is 0 Å². The first kappa shape index (κ1) is 27.5. The maximum atomic E-state index is 13.0. The summed E-state index contributed by atoms with van der Waals surface area (Å²) < 4.78 is 26.6. The molecular weight excluding hydrogens is 518 g/mol. The molecule has 0 aliphatic carbocycles. The Balaban J connectivity index is 1.47. The Morgan fingerprint density at radius 3 is 2.17 bits per heavy atom. The van der Waals surface area contributed by atoms with Crippen LogP contribution < -0.4 is 29.7 Å². The van der Waals surface area contributed by atoms with Gasteiger partial charge in [-0.05, 0) is 48.5 Å². The van der Waals surface area contributed by atoms with E-state index in [1.807, 2.05) is 0 Å².